The standard InChI is InChI=1S/C24H22N4O2/c1-18-7-5-11-21(15-18)30-14-13-26-24(29)22-17-28(20-9-3-2-4-10-20)27-23(22)19-8-6-12-25-16-19/h2-12,15-17H,13-14H2,1H3,(H,26,29). The second-order valence-corrected chi connectivity index (χ2v) is 6.83. The van der Waals surface area contributed by atoms with Gasteiger partial charge in [0, 0.05) is 24.2 Å². The van der Waals surface area contributed by atoms with E-state index in [4.69, 9.17) is 4.74 Å². The average molecular weight is 398 g/mol. The highest BCUT2D eigenvalue weighted by Gasteiger charge is 2.18. The molecule has 0 radical (unpaired) electrons. The lowest BCUT2D eigenvalue weighted by Crippen LogP contribution is -2.28. The topological polar surface area (TPSA) is 69.0 Å². The zero-order chi connectivity index (χ0) is 20.8. The number of nitrogens with one attached hydrogen (secondary N) is 1. The summed E-state index contributed by atoms with van der Waals surface area (Å²) < 4.78 is 7.43. The van der Waals surface area contributed by atoms with Crippen LogP contribution in [-0.4, -0.2) is 33.8 Å². The van der Waals surface area contributed by atoms with Crippen molar-refractivity contribution in [1.82, 2.24) is 20.1 Å². The smallest absolute Gasteiger partial charge is 0.255 e. The number of amides is 1. The number of benzene rings is 2. The largest absolute Gasteiger partial charge is 0.492 e. The number of hydrogen-bond acceptors (Lipinski definition) is 4. The van der Waals surface area contributed by atoms with Crippen LogP contribution >= 0.6 is 0 Å². The molecule has 1 N–H and O–H groups in total. The van der Waals surface area contributed by atoms with Crippen LogP contribution in [-0.2, 0) is 0 Å². The highest BCUT2D eigenvalue weighted by molar-refractivity contribution is 5.99. The number of nitrogens with zero attached hydrogens (tertiary/aromatic N) is 3. The molecule has 0 atom stereocenters. The van der Waals surface area contributed by atoms with E-state index in [0.29, 0.717) is 24.4 Å². The van der Waals surface area contributed by atoms with Crippen LogP contribution in [0, 0.1) is 6.92 Å². The molecule has 2 aromatic carbocycles. The third-order valence-electron chi connectivity index (χ3n) is 4.56. The Labute approximate surface area is 175 Å². The summed E-state index contributed by atoms with van der Waals surface area (Å²) in [5.41, 5.74) is 3.87. The van der Waals surface area contributed by atoms with Gasteiger partial charge in [-0.1, -0.05) is 30.3 Å². The molecule has 2 heterocycles. The van der Waals surface area contributed by atoms with Gasteiger partial charge in [-0.05, 0) is 48.9 Å². The van der Waals surface area contributed by atoms with Crippen molar-refractivity contribution in [2.45, 2.75) is 6.92 Å². The van der Waals surface area contributed by atoms with Gasteiger partial charge in [-0.25, -0.2) is 4.68 Å². The van der Waals surface area contributed by atoms with E-state index < -0.39 is 0 Å². The van der Waals surface area contributed by atoms with E-state index in [0.717, 1.165) is 22.6 Å². The van der Waals surface area contributed by atoms with E-state index in [1.807, 2.05) is 73.7 Å². The summed E-state index contributed by atoms with van der Waals surface area (Å²) in [6.07, 6.45) is 5.14. The molecule has 2 aromatic heterocycles. The lowest BCUT2D eigenvalue weighted by molar-refractivity contribution is 0.0947. The molecular weight excluding hydrogens is 376 g/mol. The number of aromatic nitrogens is 3. The Kier molecular flexibility index (Phi) is 5.85. The summed E-state index contributed by atoms with van der Waals surface area (Å²) in [6.45, 7) is 2.78. The fraction of sp³-hybridized carbons (Fsp3) is 0.125. The van der Waals surface area contributed by atoms with Crippen molar-refractivity contribution in [3.05, 3.63) is 96.4 Å². The maximum Gasteiger partial charge on any atom is 0.255 e. The fourth-order valence-corrected chi connectivity index (χ4v) is 3.10. The van der Waals surface area contributed by atoms with Crippen molar-refractivity contribution in [3.8, 4) is 22.7 Å². The predicted molar refractivity (Wildman–Crippen MR) is 116 cm³/mol. The number of ether oxygens (including phenoxy) is 1. The molecule has 0 bridgehead atoms. The molecule has 1 amide bonds. The van der Waals surface area contributed by atoms with Gasteiger partial charge in [0.15, 0.2) is 0 Å². The Hall–Kier alpha value is -3.93. The van der Waals surface area contributed by atoms with Gasteiger partial charge in [0.05, 0.1) is 17.8 Å². The number of para-hydroxylation sites is 1. The molecule has 6 nitrogen and oxygen atoms in total. The van der Waals surface area contributed by atoms with E-state index in [1.165, 1.54) is 0 Å². The van der Waals surface area contributed by atoms with Crippen molar-refractivity contribution in [2.24, 2.45) is 0 Å². The van der Waals surface area contributed by atoms with Crippen molar-refractivity contribution in [1.29, 1.82) is 0 Å². The summed E-state index contributed by atoms with van der Waals surface area (Å²) in [4.78, 5) is 17.1. The van der Waals surface area contributed by atoms with Crippen LogP contribution in [0.15, 0.2) is 85.3 Å². The highest BCUT2D eigenvalue weighted by Crippen LogP contribution is 2.23. The lowest BCUT2D eigenvalue weighted by atomic mass is 10.1. The van der Waals surface area contributed by atoms with Gasteiger partial charge in [-0.15, -0.1) is 0 Å². The Morgan fingerprint density at radius 3 is 2.70 bits per heavy atom. The second-order valence-electron chi connectivity index (χ2n) is 6.83. The summed E-state index contributed by atoms with van der Waals surface area (Å²) in [6, 6.07) is 21.2. The van der Waals surface area contributed by atoms with Crippen LogP contribution in [0.1, 0.15) is 15.9 Å². The quantitative estimate of drug-likeness (QED) is 0.477. The molecule has 0 aliphatic rings. The number of hydrogen-bond donors (Lipinski definition) is 1. The SMILES string of the molecule is Cc1cccc(OCCNC(=O)c2cn(-c3ccccc3)nc2-c2cccnc2)c1. The molecule has 0 aliphatic carbocycles. The van der Waals surface area contributed by atoms with E-state index >= 15 is 0 Å². The maximum atomic E-state index is 12.9. The molecule has 0 aliphatic heterocycles. The van der Waals surface area contributed by atoms with E-state index in [1.54, 1.807) is 23.3 Å². The summed E-state index contributed by atoms with van der Waals surface area (Å²) in [7, 11) is 0. The van der Waals surface area contributed by atoms with Crippen LogP contribution in [0.5, 0.6) is 5.75 Å². The van der Waals surface area contributed by atoms with E-state index in [2.05, 4.69) is 15.4 Å². The van der Waals surface area contributed by atoms with Crippen LogP contribution in [0.25, 0.3) is 16.9 Å². The van der Waals surface area contributed by atoms with Gasteiger partial charge in [0.2, 0.25) is 0 Å². The van der Waals surface area contributed by atoms with Gasteiger partial charge >= 0.3 is 0 Å². The molecule has 4 aromatic rings. The Balaban J connectivity index is 1.50. The second kappa shape index (κ2) is 9.05. The maximum absolute atomic E-state index is 12.9. The van der Waals surface area contributed by atoms with Gasteiger partial charge in [-0.3, -0.25) is 9.78 Å². The van der Waals surface area contributed by atoms with E-state index in [-0.39, 0.29) is 5.91 Å². The van der Waals surface area contributed by atoms with Crippen molar-refractivity contribution >= 4 is 5.91 Å². The first kappa shape index (κ1) is 19.4. The monoisotopic (exact) mass is 398 g/mol. The van der Waals surface area contributed by atoms with Crippen LogP contribution in [0.4, 0.5) is 0 Å². The first-order valence-corrected chi connectivity index (χ1v) is 9.74. The van der Waals surface area contributed by atoms with Crippen molar-refractivity contribution in [3.63, 3.8) is 0 Å². The summed E-state index contributed by atoms with van der Waals surface area (Å²) in [5.74, 6) is 0.584. The molecule has 0 fully saturated rings. The van der Waals surface area contributed by atoms with Crippen LogP contribution in [0.2, 0.25) is 0 Å². The number of carbonyl (C=O) groups excluding carboxylic acids is 1. The first-order valence-electron chi connectivity index (χ1n) is 9.74. The third kappa shape index (κ3) is 4.55. The number of rotatable bonds is 7. The van der Waals surface area contributed by atoms with Crippen LogP contribution < -0.4 is 10.1 Å². The fourth-order valence-electron chi connectivity index (χ4n) is 3.10. The van der Waals surface area contributed by atoms with Crippen LogP contribution in [0.3, 0.4) is 0 Å². The zero-order valence-corrected chi connectivity index (χ0v) is 16.7. The highest BCUT2D eigenvalue weighted by atomic mass is 16.5. The molecule has 150 valence electrons. The number of pyridine rings is 1. The Morgan fingerprint density at radius 2 is 1.93 bits per heavy atom. The molecular formula is C24H22N4O2. The molecule has 6 heteroatoms. The lowest BCUT2D eigenvalue weighted by Gasteiger charge is -2.08. The predicted octanol–water partition coefficient (Wildman–Crippen LogP) is 4.05. The number of aryl methyl sites for hydroxylation is 1. The van der Waals surface area contributed by atoms with E-state index in [9.17, 15) is 4.79 Å². The zero-order valence-electron chi connectivity index (χ0n) is 16.7. The Bertz CT molecular complexity index is 1120. The minimum Gasteiger partial charge on any atom is -0.492 e. The molecule has 30 heavy (non-hydrogen) atoms. The van der Waals surface area contributed by atoms with Crippen molar-refractivity contribution < 1.29 is 9.53 Å². The molecule has 0 saturated carbocycles. The molecule has 0 saturated heterocycles. The average Bonchev–Trinajstić information content (AvgIpc) is 3.24. The number of carbonyl (C=O) groups is 1. The molecule has 4 rings (SSSR count). The third-order valence-corrected chi connectivity index (χ3v) is 4.56. The van der Waals surface area contributed by atoms with Gasteiger partial charge in [0.1, 0.15) is 18.1 Å². The normalized spacial score (nSPS) is 10.6. The molecule has 0 unspecified atom stereocenters. The molecule has 0 spiro atoms. The first-order chi connectivity index (χ1) is 14.7. The minimum atomic E-state index is -0.205. The Morgan fingerprint density at radius 1 is 1.07 bits per heavy atom. The van der Waals surface area contributed by atoms with Gasteiger partial charge in [-0.2, -0.15) is 5.10 Å². The summed E-state index contributed by atoms with van der Waals surface area (Å²) >= 11 is 0. The minimum absolute atomic E-state index is 0.205. The summed E-state index contributed by atoms with van der Waals surface area (Å²) in [5, 5.41) is 7.56. The van der Waals surface area contributed by atoms with Gasteiger partial charge < -0.3 is 10.1 Å². The van der Waals surface area contributed by atoms with Gasteiger partial charge in [0.25, 0.3) is 5.91 Å². The van der Waals surface area contributed by atoms with Crippen molar-refractivity contribution in [2.75, 3.05) is 13.2 Å².